The van der Waals surface area contributed by atoms with Gasteiger partial charge in [-0.15, -0.1) is 0 Å². The van der Waals surface area contributed by atoms with Crippen molar-refractivity contribution in [1.82, 2.24) is 4.98 Å². The second kappa shape index (κ2) is 4.64. The van der Waals surface area contributed by atoms with Crippen LogP contribution in [0.5, 0.6) is 0 Å². The number of nitrogens with two attached hydrogens (primary N) is 1. The molecular weight excluding hydrogens is 228 g/mol. The molecule has 0 saturated carbocycles. The van der Waals surface area contributed by atoms with Gasteiger partial charge in [0.15, 0.2) is 0 Å². The summed E-state index contributed by atoms with van der Waals surface area (Å²) in [6, 6.07) is 7.41. The Kier molecular flexibility index (Phi) is 3.19. The maximum absolute atomic E-state index is 11.8. The molecule has 0 aliphatic carbocycles. The van der Waals surface area contributed by atoms with Crippen molar-refractivity contribution in [2.45, 2.75) is 19.8 Å². The van der Waals surface area contributed by atoms with E-state index in [-0.39, 0.29) is 0 Å². The van der Waals surface area contributed by atoms with Crippen molar-refractivity contribution in [2.24, 2.45) is 0 Å². The molecule has 0 atom stereocenters. The number of pyridine rings is 1. The number of aromatic nitrogens is 1. The molecule has 1 aromatic heterocycles. The van der Waals surface area contributed by atoms with Crippen LogP contribution in [0.2, 0.25) is 0 Å². The van der Waals surface area contributed by atoms with E-state index in [2.05, 4.69) is 18.8 Å². The average molecular weight is 244 g/mol. The zero-order valence-corrected chi connectivity index (χ0v) is 10.7. The molecule has 0 fully saturated rings. The number of nitrogen functional groups attached to an aromatic ring is 1. The van der Waals surface area contributed by atoms with Crippen molar-refractivity contribution in [2.75, 3.05) is 12.8 Å². The van der Waals surface area contributed by atoms with Gasteiger partial charge in [0.2, 0.25) is 0 Å². The molecule has 0 amide bonds. The van der Waals surface area contributed by atoms with Gasteiger partial charge in [-0.2, -0.15) is 0 Å². The lowest BCUT2D eigenvalue weighted by Gasteiger charge is -2.10. The van der Waals surface area contributed by atoms with Crippen molar-refractivity contribution in [3.05, 3.63) is 35.4 Å². The largest absolute Gasteiger partial charge is 0.465 e. The molecule has 0 bridgehead atoms. The minimum atomic E-state index is -0.394. The highest BCUT2D eigenvalue weighted by atomic mass is 16.5. The van der Waals surface area contributed by atoms with Crippen molar-refractivity contribution < 1.29 is 9.53 Å². The predicted octanol–water partition coefficient (Wildman–Crippen LogP) is 2.73. The molecule has 0 saturated heterocycles. The summed E-state index contributed by atoms with van der Waals surface area (Å²) in [5.41, 5.74) is 8.02. The monoisotopic (exact) mass is 244 g/mol. The lowest BCUT2D eigenvalue weighted by Crippen LogP contribution is -2.05. The number of benzene rings is 1. The van der Waals surface area contributed by atoms with Crippen LogP contribution in [-0.2, 0) is 4.74 Å². The van der Waals surface area contributed by atoms with Gasteiger partial charge < -0.3 is 10.5 Å². The number of hydrogen-bond donors (Lipinski definition) is 1. The van der Waals surface area contributed by atoms with Crippen LogP contribution in [0.25, 0.3) is 10.9 Å². The molecule has 0 radical (unpaired) electrons. The van der Waals surface area contributed by atoms with E-state index in [4.69, 9.17) is 10.5 Å². The Labute approximate surface area is 106 Å². The summed E-state index contributed by atoms with van der Waals surface area (Å²) in [6.07, 6.45) is 0. The van der Waals surface area contributed by atoms with Crippen LogP contribution in [0, 0.1) is 0 Å². The van der Waals surface area contributed by atoms with Crippen LogP contribution in [0.1, 0.15) is 35.7 Å². The summed E-state index contributed by atoms with van der Waals surface area (Å²) in [5.74, 6) is 0.313. The number of hydrogen-bond acceptors (Lipinski definition) is 4. The summed E-state index contributed by atoms with van der Waals surface area (Å²) in [7, 11) is 1.36. The van der Waals surface area contributed by atoms with Crippen molar-refractivity contribution in [1.29, 1.82) is 0 Å². The Hall–Kier alpha value is -2.10. The van der Waals surface area contributed by atoms with Crippen LogP contribution in [0.3, 0.4) is 0 Å². The first-order chi connectivity index (χ1) is 8.52. The normalized spacial score (nSPS) is 10.9. The minimum absolute atomic E-state index is 0.320. The molecule has 1 aromatic carbocycles. The fraction of sp³-hybridized carbons (Fsp3) is 0.286. The average Bonchev–Trinajstić information content (AvgIpc) is 2.36. The Morgan fingerprint density at radius 2 is 2.06 bits per heavy atom. The fourth-order valence-electron chi connectivity index (χ4n) is 1.90. The zero-order chi connectivity index (χ0) is 13.3. The summed E-state index contributed by atoms with van der Waals surface area (Å²) >= 11 is 0. The third kappa shape index (κ3) is 2.14. The van der Waals surface area contributed by atoms with Crippen LogP contribution in [0.15, 0.2) is 24.3 Å². The van der Waals surface area contributed by atoms with Gasteiger partial charge in [0.1, 0.15) is 5.82 Å². The third-order valence-electron chi connectivity index (χ3n) is 2.92. The van der Waals surface area contributed by atoms with E-state index < -0.39 is 5.97 Å². The number of ether oxygens (including phenoxy) is 1. The topological polar surface area (TPSA) is 65.2 Å². The smallest absolute Gasteiger partial charge is 0.338 e. The first kappa shape index (κ1) is 12.4. The number of esters is 1. The highest BCUT2D eigenvalue weighted by molar-refractivity contribution is 6.04. The molecule has 18 heavy (non-hydrogen) atoms. The van der Waals surface area contributed by atoms with Crippen molar-refractivity contribution in [3.63, 3.8) is 0 Å². The van der Waals surface area contributed by atoms with Gasteiger partial charge in [-0.25, -0.2) is 9.78 Å². The number of carbonyl (C=O) groups excluding carboxylic acids is 1. The molecule has 0 aliphatic heterocycles. The second-order valence-electron chi connectivity index (χ2n) is 4.52. The molecule has 2 rings (SSSR count). The van der Waals surface area contributed by atoms with E-state index in [0.717, 1.165) is 10.9 Å². The van der Waals surface area contributed by atoms with Crippen molar-refractivity contribution in [3.8, 4) is 0 Å². The molecule has 4 nitrogen and oxygen atoms in total. The Morgan fingerprint density at radius 3 is 2.67 bits per heavy atom. The van der Waals surface area contributed by atoms with Gasteiger partial charge >= 0.3 is 5.97 Å². The Balaban J connectivity index is 2.74. The van der Waals surface area contributed by atoms with E-state index >= 15 is 0 Å². The highest BCUT2D eigenvalue weighted by Crippen LogP contribution is 2.25. The predicted molar refractivity (Wildman–Crippen MR) is 71.6 cm³/mol. The number of fused-ring (bicyclic) bond motifs is 1. The van der Waals surface area contributed by atoms with Gasteiger partial charge in [0, 0.05) is 5.39 Å². The van der Waals surface area contributed by atoms with E-state index in [0.29, 0.717) is 22.8 Å². The first-order valence-corrected chi connectivity index (χ1v) is 5.81. The summed E-state index contributed by atoms with van der Waals surface area (Å²) in [5, 5.41) is 0.780. The van der Waals surface area contributed by atoms with E-state index in [9.17, 15) is 4.79 Å². The van der Waals surface area contributed by atoms with Crippen molar-refractivity contribution >= 4 is 22.7 Å². The van der Waals surface area contributed by atoms with Crippen LogP contribution < -0.4 is 5.73 Å². The van der Waals surface area contributed by atoms with Gasteiger partial charge in [0.05, 0.1) is 18.2 Å². The number of methoxy groups -OCH3 is 1. The molecular formula is C14H16N2O2. The zero-order valence-electron chi connectivity index (χ0n) is 10.7. The lowest BCUT2D eigenvalue weighted by molar-refractivity contribution is 0.0603. The van der Waals surface area contributed by atoms with Crippen LogP contribution >= 0.6 is 0 Å². The van der Waals surface area contributed by atoms with E-state index in [1.807, 2.05) is 18.2 Å². The quantitative estimate of drug-likeness (QED) is 0.825. The third-order valence-corrected chi connectivity index (χ3v) is 2.92. The summed E-state index contributed by atoms with van der Waals surface area (Å²) < 4.78 is 4.78. The van der Waals surface area contributed by atoms with Crippen LogP contribution in [-0.4, -0.2) is 18.1 Å². The number of rotatable bonds is 2. The molecule has 0 aliphatic rings. The molecule has 4 heteroatoms. The molecule has 1 heterocycles. The molecule has 94 valence electrons. The fourth-order valence-corrected chi connectivity index (χ4v) is 1.90. The highest BCUT2D eigenvalue weighted by Gasteiger charge is 2.13. The molecule has 2 aromatic rings. The van der Waals surface area contributed by atoms with Gasteiger partial charge in [-0.3, -0.25) is 0 Å². The van der Waals surface area contributed by atoms with E-state index in [1.54, 1.807) is 6.07 Å². The SMILES string of the molecule is COC(=O)c1cc(N)nc2ccc(C(C)C)cc12. The van der Waals surface area contributed by atoms with E-state index in [1.165, 1.54) is 7.11 Å². The van der Waals surface area contributed by atoms with Gasteiger partial charge in [-0.05, 0) is 29.7 Å². The first-order valence-electron chi connectivity index (χ1n) is 5.81. The second-order valence-corrected chi connectivity index (χ2v) is 4.52. The molecule has 0 unspecified atom stereocenters. The van der Waals surface area contributed by atoms with Gasteiger partial charge in [0.25, 0.3) is 0 Å². The number of carbonyl (C=O) groups is 1. The molecule has 2 N–H and O–H groups in total. The standard InChI is InChI=1S/C14H16N2O2/c1-8(2)9-4-5-12-10(6-9)11(14(17)18-3)7-13(15)16-12/h4-8H,1-3H3,(H2,15,16). The van der Waals surface area contributed by atoms with Gasteiger partial charge in [-0.1, -0.05) is 19.9 Å². The lowest BCUT2D eigenvalue weighted by atomic mass is 9.99. The number of anilines is 1. The Bertz CT molecular complexity index is 606. The van der Waals surface area contributed by atoms with Crippen LogP contribution in [0.4, 0.5) is 5.82 Å². The molecule has 0 spiro atoms. The summed E-state index contributed by atoms with van der Waals surface area (Å²) in [4.78, 5) is 16.0. The maximum Gasteiger partial charge on any atom is 0.338 e. The minimum Gasteiger partial charge on any atom is -0.465 e. The summed E-state index contributed by atoms with van der Waals surface area (Å²) in [6.45, 7) is 4.20. The maximum atomic E-state index is 11.8. The Morgan fingerprint density at radius 1 is 1.33 bits per heavy atom. The number of nitrogens with zero attached hydrogens (tertiary/aromatic N) is 1.